The summed E-state index contributed by atoms with van der Waals surface area (Å²) in [6, 6.07) is 3.38. The van der Waals surface area contributed by atoms with E-state index in [1.54, 1.807) is 4.90 Å². The summed E-state index contributed by atoms with van der Waals surface area (Å²) >= 11 is 0. The molecule has 0 saturated heterocycles. The number of carbonyl (C=O) groups is 1. The highest BCUT2D eigenvalue weighted by Crippen LogP contribution is 2.20. The first-order chi connectivity index (χ1) is 8.95. The minimum atomic E-state index is -0.538. The van der Waals surface area contributed by atoms with Crippen LogP contribution in [0.1, 0.15) is 30.6 Å². The molecular weight excluding hydrogens is 247 g/mol. The number of aromatic hydroxyl groups is 1. The Morgan fingerprint density at radius 1 is 1.47 bits per heavy atom. The Bertz CT molecular complexity index is 435. The molecule has 0 spiro atoms. The number of nitrogens with zero attached hydrogens (tertiary/aromatic N) is 1. The van der Waals surface area contributed by atoms with Crippen LogP contribution >= 0.6 is 0 Å². The molecule has 106 valence electrons. The summed E-state index contributed by atoms with van der Waals surface area (Å²) in [5.41, 5.74) is 5.45. The molecule has 0 atom stereocenters. The Balaban J connectivity index is 2.93. The average molecular weight is 268 g/mol. The van der Waals surface area contributed by atoms with Crippen molar-refractivity contribution in [3.05, 3.63) is 29.6 Å². The molecule has 0 saturated carbocycles. The Hall–Kier alpha value is -1.62. The van der Waals surface area contributed by atoms with E-state index in [9.17, 15) is 14.3 Å². The Labute approximate surface area is 113 Å². The topological polar surface area (TPSA) is 66.6 Å². The van der Waals surface area contributed by atoms with E-state index in [0.29, 0.717) is 26.1 Å². The largest absolute Gasteiger partial charge is 0.507 e. The van der Waals surface area contributed by atoms with Crippen LogP contribution in [0.15, 0.2) is 18.2 Å². The van der Waals surface area contributed by atoms with Crippen molar-refractivity contribution in [1.29, 1.82) is 0 Å². The fourth-order valence-corrected chi connectivity index (χ4v) is 1.85. The predicted octanol–water partition coefficient (Wildman–Crippen LogP) is 1.98. The molecule has 3 N–H and O–H groups in total. The highest BCUT2D eigenvalue weighted by Gasteiger charge is 2.20. The van der Waals surface area contributed by atoms with Crippen LogP contribution in [0.25, 0.3) is 0 Å². The Kier molecular flexibility index (Phi) is 5.76. The van der Waals surface area contributed by atoms with Crippen LogP contribution in [0.4, 0.5) is 4.39 Å². The van der Waals surface area contributed by atoms with E-state index in [-0.39, 0.29) is 23.1 Å². The summed E-state index contributed by atoms with van der Waals surface area (Å²) < 4.78 is 13.2. The lowest BCUT2D eigenvalue weighted by Gasteiger charge is -2.24. The van der Waals surface area contributed by atoms with Gasteiger partial charge in [-0.2, -0.15) is 0 Å². The zero-order valence-corrected chi connectivity index (χ0v) is 11.4. The number of amides is 1. The lowest BCUT2D eigenvalue weighted by molar-refractivity contribution is 0.0731. The van der Waals surface area contributed by atoms with Gasteiger partial charge in [0, 0.05) is 13.1 Å². The van der Waals surface area contributed by atoms with Gasteiger partial charge in [0.25, 0.3) is 5.91 Å². The third-order valence-electron chi connectivity index (χ3n) is 2.69. The number of carbonyl (C=O) groups excluding carboxylic acids is 1. The molecule has 0 radical (unpaired) electrons. The molecule has 1 rings (SSSR count). The Morgan fingerprint density at radius 2 is 2.16 bits per heavy atom. The molecule has 1 amide bonds. The van der Waals surface area contributed by atoms with E-state index in [2.05, 4.69) is 0 Å². The molecule has 19 heavy (non-hydrogen) atoms. The van der Waals surface area contributed by atoms with Gasteiger partial charge in [0.15, 0.2) is 0 Å². The summed E-state index contributed by atoms with van der Waals surface area (Å²) in [7, 11) is 0. The molecule has 0 aliphatic heterocycles. The number of rotatable bonds is 6. The first-order valence-electron chi connectivity index (χ1n) is 6.43. The van der Waals surface area contributed by atoms with Crippen LogP contribution < -0.4 is 5.73 Å². The van der Waals surface area contributed by atoms with E-state index in [1.165, 1.54) is 6.07 Å². The number of benzene rings is 1. The van der Waals surface area contributed by atoms with E-state index in [1.807, 2.05) is 13.8 Å². The fraction of sp³-hybridized carbons (Fsp3) is 0.500. The number of phenolic OH excluding ortho intramolecular Hbond substituents is 1. The predicted molar refractivity (Wildman–Crippen MR) is 72.5 cm³/mol. The number of nitrogens with two attached hydrogens (primary N) is 1. The third-order valence-corrected chi connectivity index (χ3v) is 2.69. The second kappa shape index (κ2) is 7.09. The molecule has 0 aliphatic carbocycles. The van der Waals surface area contributed by atoms with Crippen molar-refractivity contribution < 1.29 is 14.3 Å². The van der Waals surface area contributed by atoms with Crippen molar-refractivity contribution in [3.8, 4) is 5.75 Å². The van der Waals surface area contributed by atoms with Gasteiger partial charge < -0.3 is 15.7 Å². The fourth-order valence-electron chi connectivity index (χ4n) is 1.85. The van der Waals surface area contributed by atoms with Crippen molar-refractivity contribution in [1.82, 2.24) is 4.90 Å². The minimum Gasteiger partial charge on any atom is -0.507 e. The molecule has 0 aliphatic rings. The minimum absolute atomic E-state index is 0.00216. The zero-order valence-electron chi connectivity index (χ0n) is 11.4. The van der Waals surface area contributed by atoms with Gasteiger partial charge in [0.2, 0.25) is 0 Å². The van der Waals surface area contributed by atoms with Crippen molar-refractivity contribution in [2.24, 2.45) is 11.7 Å². The molecule has 1 aromatic rings. The summed E-state index contributed by atoms with van der Waals surface area (Å²) in [6.45, 7) is 5.53. The molecule has 0 bridgehead atoms. The van der Waals surface area contributed by atoms with Crippen molar-refractivity contribution in [2.45, 2.75) is 20.3 Å². The second-order valence-corrected chi connectivity index (χ2v) is 4.95. The normalized spacial score (nSPS) is 10.8. The van der Waals surface area contributed by atoms with Crippen LogP contribution in [-0.4, -0.2) is 35.5 Å². The van der Waals surface area contributed by atoms with Crippen LogP contribution in [0.2, 0.25) is 0 Å². The summed E-state index contributed by atoms with van der Waals surface area (Å²) in [5.74, 6) is -0.811. The smallest absolute Gasteiger partial charge is 0.257 e. The van der Waals surface area contributed by atoms with Gasteiger partial charge in [-0.1, -0.05) is 13.8 Å². The van der Waals surface area contributed by atoms with Crippen LogP contribution in [0.3, 0.4) is 0 Å². The number of hydrogen-bond acceptors (Lipinski definition) is 3. The van der Waals surface area contributed by atoms with Gasteiger partial charge in [-0.15, -0.1) is 0 Å². The molecule has 1 aromatic carbocycles. The average Bonchev–Trinajstić information content (AvgIpc) is 2.36. The number of halogens is 1. The summed E-state index contributed by atoms with van der Waals surface area (Å²) in [6.07, 6.45) is 0.675. The van der Waals surface area contributed by atoms with Gasteiger partial charge in [-0.3, -0.25) is 4.79 Å². The second-order valence-electron chi connectivity index (χ2n) is 4.95. The van der Waals surface area contributed by atoms with E-state index < -0.39 is 5.82 Å². The van der Waals surface area contributed by atoms with Crippen LogP contribution in [0, 0.1) is 11.7 Å². The van der Waals surface area contributed by atoms with Crippen molar-refractivity contribution in [2.75, 3.05) is 19.6 Å². The zero-order chi connectivity index (χ0) is 14.4. The molecule has 0 heterocycles. The third kappa shape index (κ3) is 4.52. The van der Waals surface area contributed by atoms with E-state index in [4.69, 9.17) is 5.73 Å². The van der Waals surface area contributed by atoms with Crippen LogP contribution in [0.5, 0.6) is 5.75 Å². The first-order valence-corrected chi connectivity index (χ1v) is 6.43. The Morgan fingerprint density at radius 3 is 2.74 bits per heavy atom. The first kappa shape index (κ1) is 15.4. The van der Waals surface area contributed by atoms with Gasteiger partial charge in [-0.05, 0) is 37.1 Å². The molecule has 0 fully saturated rings. The molecule has 0 aromatic heterocycles. The summed E-state index contributed by atoms with van der Waals surface area (Å²) in [4.78, 5) is 13.9. The number of hydrogen-bond donors (Lipinski definition) is 2. The maximum absolute atomic E-state index is 13.2. The highest BCUT2D eigenvalue weighted by molar-refractivity contribution is 5.96. The van der Waals surface area contributed by atoms with Crippen LogP contribution in [-0.2, 0) is 0 Å². The lowest BCUT2D eigenvalue weighted by atomic mass is 10.1. The van der Waals surface area contributed by atoms with E-state index >= 15 is 0 Å². The lowest BCUT2D eigenvalue weighted by Crippen LogP contribution is -2.36. The van der Waals surface area contributed by atoms with Gasteiger partial charge in [0.1, 0.15) is 11.6 Å². The van der Waals surface area contributed by atoms with Gasteiger partial charge in [0.05, 0.1) is 5.56 Å². The molecule has 5 heteroatoms. The molecule has 0 unspecified atom stereocenters. The standard InChI is InChI=1S/C14H21FN2O2/c1-10(2)9-17(7-3-6-16)14(19)12-8-11(15)4-5-13(12)18/h4-5,8,10,18H,3,6-7,9,16H2,1-2H3. The van der Waals surface area contributed by atoms with Gasteiger partial charge >= 0.3 is 0 Å². The maximum atomic E-state index is 13.2. The molecular formula is C14H21FN2O2. The monoisotopic (exact) mass is 268 g/mol. The number of phenols is 1. The van der Waals surface area contributed by atoms with E-state index in [0.717, 1.165) is 12.1 Å². The van der Waals surface area contributed by atoms with Crippen molar-refractivity contribution in [3.63, 3.8) is 0 Å². The quantitative estimate of drug-likeness (QED) is 0.829. The molecule has 4 nitrogen and oxygen atoms in total. The maximum Gasteiger partial charge on any atom is 0.257 e. The van der Waals surface area contributed by atoms with Crippen molar-refractivity contribution >= 4 is 5.91 Å². The van der Waals surface area contributed by atoms with Gasteiger partial charge in [-0.25, -0.2) is 4.39 Å². The summed E-state index contributed by atoms with van der Waals surface area (Å²) in [5, 5.41) is 9.67. The highest BCUT2D eigenvalue weighted by atomic mass is 19.1. The SMILES string of the molecule is CC(C)CN(CCCN)C(=O)c1cc(F)ccc1O.